The maximum Gasteiger partial charge on any atom is 0.347 e. The Morgan fingerprint density at radius 1 is 1.11 bits per heavy atom. The maximum absolute atomic E-state index is 11.8. The van der Waals surface area contributed by atoms with Gasteiger partial charge in [0.2, 0.25) is 0 Å². The van der Waals surface area contributed by atoms with Gasteiger partial charge in [-0.05, 0) is 24.6 Å². The molecule has 0 radical (unpaired) electrons. The van der Waals surface area contributed by atoms with Crippen molar-refractivity contribution in [2.24, 2.45) is 0 Å². The first-order chi connectivity index (χ1) is 8.58. The molecule has 1 heterocycles. The maximum atomic E-state index is 11.8. The van der Waals surface area contributed by atoms with Gasteiger partial charge >= 0.3 is 5.63 Å². The molecule has 0 bridgehead atoms. The van der Waals surface area contributed by atoms with E-state index in [1.807, 2.05) is 6.92 Å². The zero-order valence-electron chi connectivity index (χ0n) is 9.60. The van der Waals surface area contributed by atoms with Gasteiger partial charge in [0.05, 0.1) is 0 Å². The van der Waals surface area contributed by atoms with Crippen LogP contribution in [-0.2, 0) is 0 Å². The molecule has 4 nitrogen and oxygen atoms in total. The van der Waals surface area contributed by atoms with Crippen LogP contribution in [0.2, 0.25) is 0 Å². The van der Waals surface area contributed by atoms with Crippen molar-refractivity contribution in [3.8, 4) is 11.5 Å². The molecular weight excluding hydrogens is 232 g/mol. The monoisotopic (exact) mass is 242 g/mol. The summed E-state index contributed by atoms with van der Waals surface area (Å²) in [5.41, 5.74) is 0.487. The fourth-order valence-electron chi connectivity index (χ4n) is 2.28. The van der Waals surface area contributed by atoms with E-state index < -0.39 is 5.63 Å². The van der Waals surface area contributed by atoms with E-state index in [1.54, 1.807) is 18.2 Å². The quantitative estimate of drug-likeness (QED) is 0.469. The lowest BCUT2D eigenvalue weighted by Gasteiger charge is -2.07. The van der Waals surface area contributed by atoms with Gasteiger partial charge in [-0.2, -0.15) is 0 Å². The molecule has 0 atom stereocenters. The summed E-state index contributed by atoms with van der Waals surface area (Å²) in [7, 11) is 0. The molecule has 18 heavy (non-hydrogen) atoms. The fraction of sp³-hybridized carbons (Fsp3) is 0.0714. The largest absolute Gasteiger partial charge is 0.508 e. The summed E-state index contributed by atoms with van der Waals surface area (Å²) in [4.78, 5) is 11.8. The highest BCUT2D eigenvalue weighted by atomic mass is 16.4. The van der Waals surface area contributed by atoms with E-state index in [0.717, 1.165) is 10.9 Å². The number of hydrogen-bond donors (Lipinski definition) is 2. The normalized spacial score (nSPS) is 11.2. The zero-order chi connectivity index (χ0) is 12.9. The highest BCUT2D eigenvalue weighted by Crippen LogP contribution is 2.32. The number of phenolic OH excluding ortho intramolecular Hbond substituents is 2. The van der Waals surface area contributed by atoms with Crippen LogP contribution in [0.4, 0.5) is 0 Å². The molecule has 3 rings (SSSR count). The summed E-state index contributed by atoms with van der Waals surface area (Å²) in [5, 5.41) is 20.8. The molecule has 0 unspecified atom stereocenters. The van der Waals surface area contributed by atoms with Crippen molar-refractivity contribution in [2.75, 3.05) is 0 Å². The molecular formula is C14H10O4. The Morgan fingerprint density at radius 2 is 1.89 bits per heavy atom. The lowest BCUT2D eigenvalue weighted by Crippen LogP contribution is -2.00. The van der Waals surface area contributed by atoms with Gasteiger partial charge in [-0.15, -0.1) is 0 Å². The molecule has 0 aliphatic heterocycles. The van der Waals surface area contributed by atoms with Crippen molar-refractivity contribution in [1.29, 1.82) is 0 Å². The second kappa shape index (κ2) is 3.50. The van der Waals surface area contributed by atoms with Gasteiger partial charge in [-0.25, -0.2) is 4.79 Å². The van der Waals surface area contributed by atoms with Crippen LogP contribution in [0.1, 0.15) is 5.56 Å². The first-order valence-electron chi connectivity index (χ1n) is 5.46. The predicted octanol–water partition coefficient (Wildman–Crippen LogP) is 2.67. The van der Waals surface area contributed by atoms with Crippen LogP contribution in [-0.4, -0.2) is 10.2 Å². The average molecular weight is 242 g/mol. The Hall–Kier alpha value is -2.49. The van der Waals surface area contributed by atoms with Crippen molar-refractivity contribution in [1.82, 2.24) is 0 Å². The third-order valence-electron chi connectivity index (χ3n) is 3.00. The van der Waals surface area contributed by atoms with Crippen molar-refractivity contribution < 1.29 is 14.6 Å². The first kappa shape index (κ1) is 10.7. The van der Waals surface area contributed by atoms with Gasteiger partial charge in [-0.1, -0.05) is 12.1 Å². The van der Waals surface area contributed by atoms with Crippen LogP contribution in [0, 0.1) is 6.92 Å². The standard InChI is InChI=1S/C14H10O4/c1-7-5-8(15)6-11-12(7)9-3-2-4-10(16)13(9)14(17)18-11/h2-6,15-16H,1H3. The van der Waals surface area contributed by atoms with Gasteiger partial charge in [0.15, 0.2) is 0 Å². The summed E-state index contributed by atoms with van der Waals surface area (Å²) in [6.45, 7) is 1.81. The number of fused-ring (bicyclic) bond motifs is 3. The second-order valence-electron chi connectivity index (χ2n) is 4.23. The Kier molecular flexibility index (Phi) is 2.07. The Labute approximate surface area is 102 Å². The van der Waals surface area contributed by atoms with Gasteiger partial charge in [0, 0.05) is 16.8 Å². The van der Waals surface area contributed by atoms with Crippen LogP contribution in [0.5, 0.6) is 11.5 Å². The summed E-state index contributed by atoms with van der Waals surface area (Å²) in [6.07, 6.45) is 0. The number of rotatable bonds is 0. The second-order valence-corrected chi connectivity index (χ2v) is 4.23. The Bertz CT molecular complexity index is 830. The van der Waals surface area contributed by atoms with E-state index in [4.69, 9.17) is 4.42 Å². The average Bonchev–Trinajstić information content (AvgIpc) is 2.27. The molecule has 0 fully saturated rings. The minimum absolute atomic E-state index is 0.0441. The zero-order valence-corrected chi connectivity index (χ0v) is 9.60. The summed E-state index contributed by atoms with van der Waals surface area (Å²) in [6, 6.07) is 7.85. The summed E-state index contributed by atoms with van der Waals surface area (Å²) >= 11 is 0. The molecule has 0 aliphatic rings. The Morgan fingerprint density at radius 3 is 2.67 bits per heavy atom. The molecule has 2 aromatic carbocycles. The predicted molar refractivity (Wildman–Crippen MR) is 68.1 cm³/mol. The van der Waals surface area contributed by atoms with Crippen molar-refractivity contribution in [3.05, 3.63) is 46.3 Å². The molecule has 0 saturated carbocycles. The van der Waals surface area contributed by atoms with E-state index in [9.17, 15) is 15.0 Å². The Balaban J connectivity index is 2.70. The third-order valence-corrected chi connectivity index (χ3v) is 3.00. The summed E-state index contributed by atoms with van der Waals surface area (Å²) < 4.78 is 5.14. The minimum Gasteiger partial charge on any atom is -0.508 e. The van der Waals surface area contributed by atoms with E-state index in [2.05, 4.69) is 0 Å². The van der Waals surface area contributed by atoms with Gasteiger partial charge in [0.1, 0.15) is 22.5 Å². The van der Waals surface area contributed by atoms with E-state index in [-0.39, 0.29) is 16.9 Å². The smallest absolute Gasteiger partial charge is 0.347 e. The number of aryl methyl sites for hydroxylation is 1. The summed E-state index contributed by atoms with van der Waals surface area (Å²) in [5.74, 6) is -0.0571. The molecule has 0 saturated heterocycles. The lowest BCUT2D eigenvalue weighted by molar-refractivity contribution is 0.471. The van der Waals surface area contributed by atoms with Crippen LogP contribution >= 0.6 is 0 Å². The molecule has 2 N–H and O–H groups in total. The molecule has 0 spiro atoms. The lowest BCUT2D eigenvalue weighted by atomic mass is 10.0. The number of benzene rings is 2. The van der Waals surface area contributed by atoms with Crippen LogP contribution in [0.15, 0.2) is 39.5 Å². The highest BCUT2D eigenvalue weighted by molar-refractivity contribution is 6.08. The number of phenols is 2. The molecule has 3 aromatic rings. The topological polar surface area (TPSA) is 70.7 Å². The number of aromatic hydroxyl groups is 2. The molecule has 1 aromatic heterocycles. The van der Waals surface area contributed by atoms with Crippen molar-refractivity contribution >= 4 is 21.7 Å². The van der Waals surface area contributed by atoms with E-state index >= 15 is 0 Å². The van der Waals surface area contributed by atoms with Gasteiger partial charge in [-0.3, -0.25) is 0 Å². The molecule has 0 amide bonds. The molecule has 0 aliphatic carbocycles. The van der Waals surface area contributed by atoms with Crippen LogP contribution in [0.3, 0.4) is 0 Å². The van der Waals surface area contributed by atoms with Crippen molar-refractivity contribution in [2.45, 2.75) is 6.92 Å². The minimum atomic E-state index is -0.611. The SMILES string of the molecule is Cc1cc(O)cc2oc(=O)c3c(O)cccc3c12. The molecule has 90 valence electrons. The first-order valence-corrected chi connectivity index (χ1v) is 5.46. The van der Waals surface area contributed by atoms with Crippen LogP contribution < -0.4 is 5.63 Å². The third kappa shape index (κ3) is 1.35. The van der Waals surface area contributed by atoms with E-state index in [1.165, 1.54) is 12.1 Å². The van der Waals surface area contributed by atoms with Gasteiger partial charge in [0.25, 0.3) is 0 Å². The van der Waals surface area contributed by atoms with Gasteiger partial charge < -0.3 is 14.6 Å². The van der Waals surface area contributed by atoms with E-state index in [0.29, 0.717) is 11.0 Å². The van der Waals surface area contributed by atoms with Crippen LogP contribution in [0.25, 0.3) is 21.7 Å². The highest BCUT2D eigenvalue weighted by Gasteiger charge is 2.13. The molecule has 4 heteroatoms. The number of hydrogen-bond acceptors (Lipinski definition) is 4. The fourth-order valence-corrected chi connectivity index (χ4v) is 2.28. The van der Waals surface area contributed by atoms with Crippen molar-refractivity contribution in [3.63, 3.8) is 0 Å².